The van der Waals surface area contributed by atoms with Gasteiger partial charge in [0.25, 0.3) is 0 Å². The van der Waals surface area contributed by atoms with Crippen LogP contribution in [0.5, 0.6) is 0 Å². The Kier molecular flexibility index (Phi) is 5.20. The van der Waals surface area contributed by atoms with E-state index in [1.54, 1.807) is 0 Å². The number of hydrogen-bond acceptors (Lipinski definition) is 2. The second-order valence-corrected chi connectivity index (χ2v) is 5.50. The summed E-state index contributed by atoms with van der Waals surface area (Å²) in [7, 11) is 0. The zero-order chi connectivity index (χ0) is 11.3. The van der Waals surface area contributed by atoms with Crippen LogP contribution in [-0.4, -0.2) is 11.8 Å². The fourth-order valence-electron chi connectivity index (χ4n) is 1.62. The van der Waals surface area contributed by atoms with Gasteiger partial charge in [-0.05, 0) is 43.5 Å². The van der Waals surface area contributed by atoms with Crippen molar-refractivity contribution < 1.29 is 0 Å². The molecule has 84 valence electrons. The van der Waals surface area contributed by atoms with Gasteiger partial charge in [0, 0.05) is 11.0 Å². The highest BCUT2D eigenvalue weighted by atomic mass is 32.2. The summed E-state index contributed by atoms with van der Waals surface area (Å²) in [6.45, 7) is 7.43. The standard InChI is InChI=1S/C13H21NS/c1-10-5-4-6-11(2)13(10)9-15-12(3)7-8-14/h4-6,12H,7-9,14H2,1-3H3. The molecule has 0 fully saturated rings. The molecule has 0 saturated carbocycles. The van der Waals surface area contributed by atoms with Crippen LogP contribution in [0.3, 0.4) is 0 Å². The van der Waals surface area contributed by atoms with Crippen molar-refractivity contribution in [3.8, 4) is 0 Å². The lowest BCUT2D eigenvalue weighted by Gasteiger charge is -2.13. The fraction of sp³-hybridized carbons (Fsp3) is 0.538. The summed E-state index contributed by atoms with van der Waals surface area (Å²) in [5.41, 5.74) is 9.85. The number of benzene rings is 1. The van der Waals surface area contributed by atoms with Gasteiger partial charge in [-0.2, -0.15) is 11.8 Å². The fourth-order valence-corrected chi connectivity index (χ4v) is 2.83. The minimum Gasteiger partial charge on any atom is -0.330 e. The van der Waals surface area contributed by atoms with Crippen molar-refractivity contribution in [2.45, 2.75) is 38.2 Å². The Bertz CT molecular complexity index is 289. The van der Waals surface area contributed by atoms with E-state index >= 15 is 0 Å². The topological polar surface area (TPSA) is 26.0 Å². The summed E-state index contributed by atoms with van der Waals surface area (Å²) in [5.74, 6) is 1.11. The SMILES string of the molecule is Cc1cccc(C)c1CSC(C)CCN. The Morgan fingerprint density at radius 3 is 2.40 bits per heavy atom. The van der Waals surface area contributed by atoms with Crippen molar-refractivity contribution >= 4 is 11.8 Å². The van der Waals surface area contributed by atoms with E-state index < -0.39 is 0 Å². The van der Waals surface area contributed by atoms with Gasteiger partial charge in [0.05, 0.1) is 0 Å². The predicted octanol–water partition coefficient (Wildman–Crippen LogP) is 3.27. The highest BCUT2D eigenvalue weighted by molar-refractivity contribution is 7.99. The van der Waals surface area contributed by atoms with Crippen molar-refractivity contribution in [2.75, 3.05) is 6.54 Å². The van der Waals surface area contributed by atoms with E-state index in [1.807, 2.05) is 11.8 Å². The van der Waals surface area contributed by atoms with Crippen LogP contribution < -0.4 is 5.73 Å². The molecule has 1 atom stereocenters. The van der Waals surface area contributed by atoms with Gasteiger partial charge in [0.1, 0.15) is 0 Å². The Morgan fingerprint density at radius 2 is 1.87 bits per heavy atom. The van der Waals surface area contributed by atoms with Crippen LogP contribution >= 0.6 is 11.8 Å². The molecule has 0 aliphatic carbocycles. The molecule has 0 amide bonds. The van der Waals surface area contributed by atoms with Crippen LogP contribution in [0.2, 0.25) is 0 Å². The van der Waals surface area contributed by atoms with Crippen molar-refractivity contribution in [1.29, 1.82) is 0 Å². The molecule has 1 rings (SSSR count). The normalized spacial score (nSPS) is 12.8. The molecular weight excluding hydrogens is 202 g/mol. The van der Waals surface area contributed by atoms with Crippen LogP contribution in [-0.2, 0) is 5.75 Å². The molecule has 0 aliphatic heterocycles. The smallest absolute Gasteiger partial charge is 0.0192 e. The van der Waals surface area contributed by atoms with Crippen LogP contribution in [0.1, 0.15) is 30.0 Å². The van der Waals surface area contributed by atoms with Crippen LogP contribution in [0, 0.1) is 13.8 Å². The van der Waals surface area contributed by atoms with Gasteiger partial charge in [0.2, 0.25) is 0 Å². The van der Waals surface area contributed by atoms with Gasteiger partial charge in [-0.3, -0.25) is 0 Å². The second kappa shape index (κ2) is 6.19. The summed E-state index contributed by atoms with van der Waals surface area (Å²) < 4.78 is 0. The number of hydrogen-bond donors (Lipinski definition) is 1. The molecule has 0 aliphatic rings. The molecule has 2 N–H and O–H groups in total. The Hall–Kier alpha value is -0.470. The summed E-state index contributed by atoms with van der Waals surface area (Å²) >= 11 is 2.00. The number of aryl methyl sites for hydroxylation is 2. The van der Waals surface area contributed by atoms with E-state index in [0.717, 1.165) is 18.7 Å². The minimum atomic E-state index is 0.661. The van der Waals surface area contributed by atoms with Gasteiger partial charge in [-0.1, -0.05) is 25.1 Å². The van der Waals surface area contributed by atoms with Gasteiger partial charge >= 0.3 is 0 Å². The van der Waals surface area contributed by atoms with Gasteiger partial charge in [-0.15, -0.1) is 0 Å². The first-order valence-corrected chi connectivity index (χ1v) is 6.56. The van der Waals surface area contributed by atoms with Gasteiger partial charge in [-0.25, -0.2) is 0 Å². The van der Waals surface area contributed by atoms with Crippen molar-refractivity contribution in [2.24, 2.45) is 5.73 Å². The van der Waals surface area contributed by atoms with E-state index in [0.29, 0.717) is 5.25 Å². The van der Waals surface area contributed by atoms with Gasteiger partial charge < -0.3 is 5.73 Å². The third-order valence-corrected chi connectivity index (χ3v) is 3.99. The average molecular weight is 223 g/mol. The molecule has 1 aromatic rings. The maximum atomic E-state index is 5.54. The molecule has 0 aromatic heterocycles. The first kappa shape index (κ1) is 12.6. The molecule has 2 heteroatoms. The number of thioether (sulfide) groups is 1. The molecule has 0 spiro atoms. The molecule has 0 bridgehead atoms. The summed E-state index contributed by atoms with van der Waals surface area (Å²) in [5, 5.41) is 0.661. The van der Waals surface area contributed by atoms with E-state index in [1.165, 1.54) is 16.7 Å². The maximum Gasteiger partial charge on any atom is 0.0192 e. The Morgan fingerprint density at radius 1 is 1.27 bits per heavy atom. The Labute approximate surface area is 97.4 Å². The van der Waals surface area contributed by atoms with Gasteiger partial charge in [0.15, 0.2) is 0 Å². The predicted molar refractivity (Wildman–Crippen MR) is 70.3 cm³/mol. The lowest BCUT2D eigenvalue weighted by atomic mass is 10.1. The summed E-state index contributed by atoms with van der Waals surface area (Å²) in [4.78, 5) is 0. The summed E-state index contributed by atoms with van der Waals surface area (Å²) in [6.07, 6.45) is 1.11. The van der Waals surface area contributed by atoms with Crippen molar-refractivity contribution in [1.82, 2.24) is 0 Å². The first-order chi connectivity index (χ1) is 7.15. The monoisotopic (exact) mass is 223 g/mol. The highest BCUT2D eigenvalue weighted by Gasteiger charge is 2.05. The van der Waals surface area contributed by atoms with E-state index in [9.17, 15) is 0 Å². The van der Waals surface area contributed by atoms with E-state index in [2.05, 4.69) is 39.0 Å². The third kappa shape index (κ3) is 3.88. The largest absolute Gasteiger partial charge is 0.330 e. The maximum absolute atomic E-state index is 5.54. The van der Waals surface area contributed by atoms with Crippen LogP contribution in [0.4, 0.5) is 0 Å². The molecule has 0 heterocycles. The Balaban J connectivity index is 2.57. The molecule has 1 unspecified atom stereocenters. The first-order valence-electron chi connectivity index (χ1n) is 5.52. The van der Waals surface area contributed by atoms with Crippen LogP contribution in [0.15, 0.2) is 18.2 Å². The summed E-state index contributed by atoms with van der Waals surface area (Å²) in [6, 6.07) is 6.51. The highest BCUT2D eigenvalue weighted by Crippen LogP contribution is 2.23. The lowest BCUT2D eigenvalue weighted by molar-refractivity contribution is 0.822. The number of rotatable bonds is 5. The third-order valence-electron chi connectivity index (χ3n) is 2.73. The molecule has 0 radical (unpaired) electrons. The molecule has 1 nitrogen and oxygen atoms in total. The quantitative estimate of drug-likeness (QED) is 0.829. The zero-order valence-corrected chi connectivity index (χ0v) is 10.7. The number of nitrogens with two attached hydrogens (primary N) is 1. The van der Waals surface area contributed by atoms with Crippen LogP contribution in [0.25, 0.3) is 0 Å². The molecule has 15 heavy (non-hydrogen) atoms. The van der Waals surface area contributed by atoms with Crippen molar-refractivity contribution in [3.63, 3.8) is 0 Å². The van der Waals surface area contributed by atoms with E-state index in [4.69, 9.17) is 5.73 Å². The van der Waals surface area contributed by atoms with Crippen molar-refractivity contribution in [3.05, 3.63) is 34.9 Å². The zero-order valence-electron chi connectivity index (χ0n) is 9.92. The lowest BCUT2D eigenvalue weighted by Crippen LogP contribution is -2.07. The van der Waals surface area contributed by atoms with E-state index in [-0.39, 0.29) is 0 Å². The second-order valence-electron chi connectivity index (χ2n) is 4.07. The molecular formula is C13H21NS. The molecule has 0 saturated heterocycles. The minimum absolute atomic E-state index is 0.661. The molecule has 1 aromatic carbocycles. The average Bonchev–Trinajstić information content (AvgIpc) is 2.17.